The summed E-state index contributed by atoms with van der Waals surface area (Å²) in [4.78, 5) is 0. The highest BCUT2D eigenvalue weighted by Crippen LogP contribution is 2.26. The lowest BCUT2D eigenvalue weighted by molar-refractivity contribution is -0.0506. The normalized spacial score (nSPS) is 14.6. The van der Waals surface area contributed by atoms with Crippen molar-refractivity contribution in [2.75, 3.05) is 0 Å². The van der Waals surface area contributed by atoms with Crippen LogP contribution in [0.15, 0.2) is 24.3 Å². The van der Waals surface area contributed by atoms with Crippen molar-refractivity contribution >= 4 is 0 Å². The molecule has 0 aliphatic carbocycles. The van der Waals surface area contributed by atoms with Crippen LogP contribution >= 0.6 is 0 Å². The molecule has 1 rings (SSSR count). The third-order valence-corrected chi connectivity index (χ3v) is 3.31. The molecule has 1 N–H and O–H groups in total. The summed E-state index contributed by atoms with van der Waals surface area (Å²) in [5.41, 5.74) is 0.768. The third-order valence-electron chi connectivity index (χ3n) is 3.31. The largest absolute Gasteiger partial charge is 0.434 e. The molecule has 0 amide bonds. The molecule has 0 saturated carbocycles. The molecular weight excluding hydrogens is 260 g/mol. The van der Waals surface area contributed by atoms with E-state index < -0.39 is 6.61 Å². The first-order chi connectivity index (χ1) is 9.40. The highest BCUT2D eigenvalue weighted by molar-refractivity contribution is 5.35. The summed E-state index contributed by atoms with van der Waals surface area (Å²) in [6.07, 6.45) is 2.22. The number of para-hydroxylation sites is 1. The SMILES string of the molecule is CC(C)CCC(C)NC(C)c1ccccc1OC(F)F. The van der Waals surface area contributed by atoms with Crippen molar-refractivity contribution in [1.82, 2.24) is 5.32 Å². The van der Waals surface area contributed by atoms with E-state index in [0.717, 1.165) is 18.4 Å². The average molecular weight is 285 g/mol. The van der Waals surface area contributed by atoms with Gasteiger partial charge in [0.2, 0.25) is 0 Å². The lowest BCUT2D eigenvalue weighted by atomic mass is 10.0. The Morgan fingerprint density at radius 1 is 1.05 bits per heavy atom. The molecule has 0 aliphatic rings. The van der Waals surface area contributed by atoms with Crippen molar-refractivity contribution in [3.05, 3.63) is 29.8 Å². The Morgan fingerprint density at radius 3 is 2.30 bits per heavy atom. The third kappa shape index (κ3) is 5.87. The highest BCUT2D eigenvalue weighted by atomic mass is 19.3. The van der Waals surface area contributed by atoms with Crippen LogP contribution in [0.5, 0.6) is 5.75 Å². The molecule has 4 heteroatoms. The lowest BCUT2D eigenvalue weighted by Crippen LogP contribution is -2.29. The minimum atomic E-state index is -2.79. The molecule has 2 atom stereocenters. The second-order valence-electron chi connectivity index (χ2n) is 5.68. The van der Waals surface area contributed by atoms with E-state index in [1.807, 2.05) is 19.1 Å². The summed E-state index contributed by atoms with van der Waals surface area (Å²) < 4.78 is 29.4. The molecule has 1 aromatic carbocycles. The van der Waals surface area contributed by atoms with E-state index in [9.17, 15) is 8.78 Å². The lowest BCUT2D eigenvalue weighted by Gasteiger charge is -2.23. The van der Waals surface area contributed by atoms with Gasteiger partial charge in [-0.2, -0.15) is 8.78 Å². The number of nitrogens with one attached hydrogen (secondary N) is 1. The molecule has 2 unspecified atom stereocenters. The van der Waals surface area contributed by atoms with E-state index in [0.29, 0.717) is 12.0 Å². The number of ether oxygens (including phenoxy) is 1. The van der Waals surface area contributed by atoms with Gasteiger partial charge in [0, 0.05) is 17.6 Å². The molecule has 0 heterocycles. The van der Waals surface area contributed by atoms with Crippen LogP contribution in [-0.4, -0.2) is 12.7 Å². The van der Waals surface area contributed by atoms with Gasteiger partial charge in [-0.05, 0) is 38.7 Å². The summed E-state index contributed by atoms with van der Waals surface area (Å²) in [7, 11) is 0. The van der Waals surface area contributed by atoms with Gasteiger partial charge in [-0.15, -0.1) is 0 Å². The molecule has 0 saturated heterocycles. The van der Waals surface area contributed by atoms with Gasteiger partial charge in [0.1, 0.15) is 5.75 Å². The maximum Gasteiger partial charge on any atom is 0.387 e. The van der Waals surface area contributed by atoms with Crippen LogP contribution in [0.2, 0.25) is 0 Å². The summed E-state index contributed by atoms with van der Waals surface area (Å²) >= 11 is 0. The Morgan fingerprint density at radius 2 is 1.70 bits per heavy atom. The molecule has 20 heavy (non-hydrogen) atoms. The first kappa shape index (κ1) is 16.9. The number of alkyl halides is 2. The predicted octanol–water partition coefficient (Wildman–Crippen LogP) is 4.76. The van der Waals surface area contributed by atoms with E-state index in [1.165, 1.54) is 0 Å². The van der Waals surface area contributed by atoms with E-state index in [4.69, 9.17) is 0 Å². The van der Waals surface area contributed by atoms with Gasteiger partial charge in [0.05, 0.1) is 0 Å². The fourth-order valence-electron chi connectivity index (χ4n) is 2.22. The molecular formula is C16H25F2NO. The van der Waals surface area contributed by atoms with E-state index in [-0.39, 0.29) is 11.8 Å². The predicted molar refractivity (Wildman–Crippen MR) is 78.2 cm³/mol. The van der Waals surface area contributed by atoms with Crippen molar-refractivity contribution in [3.8, 4) is 5.75 Å². The zero-order chi connectivity index (χ0) is 15.1. The maximum absolute atomic E-state index is 12.4. The van der Waals surface area contributed by atoms with Gasteiger partial charge in [0.15, 0.2) is 0 Å². The van der Waals surface area contributed by atoms with Crippen LogP contribution < -0.4 is 10.1 Å². The first-order valence-electron chi connectivity index (χ1n) is 7.20. The van der Waals surface area contributed by atoms with Gasteiger partial charge < -0.3 is 10.1 Å². The number of hydrogen-bond donors (Lipinski definition) is 1. The molecule has 2 nitrogen and oxygen atoms in total. The van der Waals surface area contributed by atoms with Crippen LogP contribution in [0.4, 0.5) is 8.78 Å². The quantitative estimate of drug-likeness (QED) is 0.743. The minimum Gasteiger partial charge on any atom is -0.434 e. The first-order valence-corrected chi connectivity index (χ1v) is 7.20. The topological polar surface area (TPSA) is 21.3 Å². The van der Waals surface area contributed by atoms with Gasteiger partial charge >= 0.3 is 6.61 Å². The number of benzene rings is 1. The van der Waals surface area contributed by atoms with Crippen LogP contribution in [-0.2, 0) is 0 Å². The average Bonchev–Trinajstić information content (AvgIpc) is 2.36. The second kappa shape index (κ2) is 8.20. The van der Waals surface area contributed by atoms with Crippen LogP contribution in [0.1, 0.15) is 52.1 Å². The van der Waals surface area contributed by atoms with Gasteiger partial charge in [-0.1, -0.05) is 32.0 Å². The van der Waals surface area contributed by atoms with E-state index in [1.54, 1.807) is 12.1 Å². The van der Waals surface area contributed by atoms with Crippen molar-refractivity contribution in [2.45, 2.75) is 59.2 Å². The van der Waals surface area contributed by atoms with Crippen LogP contribution in [0.25, 0.3) is 0 Å². The molecule has 0 radical (unpaired) electrons. The Balaban J connectivity index is 2.64. The van der Waals surface area contributed by atoms with E-state index >= 15 is 0 Å². The number of rotatable bonds is 8. The highest BCUT2D eigenvalue weighted by Gasteiger charge is 2.16. The Kier molecular flexibility index (Phi) is 6.93. The fourth-order valence-corrected chi connectivity index (χ4v) is 2.22. The Hall–Kier alpha value is -1.16. The molecule has 0 bridgehead atoms. The Bertz CT molecular complexity index is 396. The van der Waals surface area contributed by atoms with Crippen molar-refractivity contribution in [3.63, 3.8) is 0 Å². The van der Waals surface area contributed by atoms with Gasteiger partial charge in [-0.3, -0.25) is 0 Å². The van der Waals surface area contributed by atoms with Crippen molar-refractivity contribution in [2.24, 2.45) is 5.92 Å². The fraction of sp³-hybridized carbons (Fsp3) is 0.625. The van der Waals surface area contributed by atoms with Crippen LogP contribution in [0.3, 0.4) is 0 Å². The van der Waals surface area contributed by atoms with Gasteiger partial charge in [0.25, 0.3) is 0 Å². The number of hydrogen-bond acceptors (Lipinski definition) is 2. The molecule has 114 valence electrons. The zero-order valence-electron chi connectivity index (χ0n) is 12.7. The monoisotopic (exact) mass is 285 g/mol. The molecule has 0 aromatic heterocycles. The Labute approximate surface area is 120 Å². The molecule has 1 aromatic rings. The number of halogens is 2. The van der Waals surface area contributed by atoms with E-state index in [2.05, 4.69) is 30.8 Å². The van der Waals surface area contributed by atoms with Crippen molar-refractivity contribution < 1.29 is 13.5 Å². The summed E-state index contributed by atoms with van der Waals surface area (Å²) in [6, 6.07) is 7.27. The minimum absolute atomic E-state index is 0.0212. The molecule has 0 fully saturated rings. The van der Waals surface area contributed by atoms with Crippen LogP contribution in [0, 0.1) is 5.92 Å². The summed E-state index contributed by atoms with van der Waals surface area (Å²) in [5, 5.41) is 3.44. The molecule has 0 aliphatic heterocycles. The smallest absolute Gasteiger partial charge is 0.387 e. The summed E-state index contributed by atoms with van der Waals surface area (Å²) in [5.74, 6) is 0.919. The zero-order valence-corrected chi connectivity index (χ0v) is 12.7. The maximum atomic E-state index is 12.4. The molecule has 0 spiro atoms. The standard InChI is InChI=1S/C16H25F2NO/c1-11(2)9-10-12(3)19-13(4)14-7-5-6-8-15(14)20-16(17)18/h5-8,11-13,16,19H,9-10H2,1-4H3. The van der Waals surface area contributed by atoms with Crippen molar-refractivity contribution in [1.29, 1.82) is 0 Å². The van der Waals surface area contributed by atoms with Gasteiger partial charge in [-0.25, -0.2) is 0 Å². The summed E-state index contributed by atoms with van der Waals surface area (Å²) in [6.45, 7) is 5.69. The second-order valence-corrected chi connectivity index (χ2v) is 5.68.